The van der Waals surface area contributed by atoms with E-state index in [0.29, 0.717) is 19.4 Å². The lowest BCUT2D eigenvalue weighted by Gasteiger charge is -2.01. The largest absolute Gasteiger partial charge is 0.467 e. The Morgan fingerprint density at radius 3 is 3.19 bits per heavy atom. The second-order valence-corrected chi connectivity index (χ2v) is 4.26. The van der Waals surface area contributed by atoms with E-state index in [-0.39, 0.29) is 5.91 Å². The predicted octanol–water partition coefficient (Wildman–Crippen LogP) is 1.99. The van der Waals surface area contributed by atoms with Gasteiger partial charge in [-0.3, -0.25) is 4.79 Å². The van der Waals surface area contributed by atoms with Crippen LogP contribution in [0.15, 0.2) is 34.4 Å². The maximum atomic E-state index is 11.5. The van der Waals surface area contributed by atoms with Gasteiger partial charge in [0, 0.05) is 24.4 Å². The van der Waals surface area contributed by atoms with E-state index >= 15 is 0 Å². The van der Waals surface area contributed by atoms with Crippen molar-refractivity contribution in [3.63, 3.8) is 0 Å². The summed E-state index contributed by atoms with van der Waals surface area (Å²) in [6, 6.07) is 3.64. The molecule has 0 saturated heterocycles. The molecule has 0 radical (unpaired) electrons. The van der Waals surface area contributed by atoms with Gasteiger partial charge in [-0.15, -0.1) is 11.3 Å². The van der Waals surface area contributed by atoms with Gasteiger partial charge in [-0.25, -0.2) is 4.98 Å². The van der Waals surface area contributed by atoms with Crippen LogP contribution < -0.4 is 5.32 Å². The average Bonchev–Trinajstić information content (AvgIpc) is 2.96. The number of carbonyl (C=O) groups excluding carboxylic acids is 1. The number of aromatic nitrogens is 1. The number of amides is 1. The summed E-state index contributed by atoms with van der Waals surface area (Å²) in [7, 11) is 0. The van der Waals surface area contributed by atoms with Gasteiger partial charge in [0.1, 0.15) is 5.76 Å². The number of aryl methyl sites for hydroxylation is 1. The van der Waals surface area contributed by atoms with Crippen molar-refractivity contribution in [2.45, 2.75) is 19.4 Å². The fraction of sp³-hybridized carbons (Fsp3) is 0.273. The number of hydrogen-bond acceptors (Lipinski definition) is 4. The molecule has 1 amide bonds. The van der Waals surface area contributed by atoms with Gasteiger partial charge in [0.25, 0.3) is 0 Å². The topological polar surface area (TPSA) is 55.1 Å². The summed E-state index contributed by atoms with van der Waals surface area (Å²) < 4.78 is 5.11. The lowest BCUT2D eigenvalue weighted by atomic mass is 10.3. The van der Waals surface area contributed by atoms with Crippen molar-refractivity contribution in [1.82, 2.24) is 10.3 Å². The molecule has 0 bridgehead atoms. The highest BCUT2D eigenvalue weighted by Gasteiger charge is 2.04. The van der Waals surface area contributed by atoms with Crippen LogP contribution in [0.3, 0.4) is 0 Å². The molecule has 5 heteroatoms. The summed E-state index contributed by atoms with van der Waals surface area (Å²) in [5.74, 6) is 0.786. The second kappa shape index (κ2) is 5.46. The summed E-state index contributed by atoms with van der Waals surface area (Å²) in [5.41, 5.74) is 0. The SMILES string of the molecule is O=C(CCc1nccs1)NCc1ccco1. The van der Waals surface area contributed by atoms with E-state index in [1.165, 1.54) is 0 Å². The van der Waals surface area contributed by atoms with Gasteiger partial charge in [0.05, 0.1) is 17.8 Å². The molecule has 4 nitrogen and oxygen atoms in total. The average molecular weight is 236 g/mol. The Morgan fingerprint density at radius 2 is 2.50 bits per heavy atom. The predicted molar refractivity (Wildman–Crippen MR) is 61.0 cm³/mol. The molecule has 2 rings (SSSR count). The van der Waals surface area contributed by atoms with Crippen LogP contribution in [-0.2, 0) is 17.8 Å². The molecule has 0 aliphatic carbocycles. The molecule has 1 N–H and O–H groups in total. The summed E-state index contributed by atoms with van der Waals surface area (Å²) in [6.07, 6.45) is 4.51. The van der Waals surface area contributed by atoms with Crippen LogP contribution in [0.25, 0.3) is 0 Å². The van der Waals surface area contributed by atoms with Gasteiger partial charge in [0.15, 0.2) is 0 Å². The maximum Gasteiger partial charge on any atom is 0.220 e. The minimum atomic E-state index is 0.0200. The first-order valence-corrected chi connectivity index (χ1v) is 5.90. The highest BCUT2D eigenvalue weighted by molar-refractivity contribution is 7.09. The van der Waals surface area contributed by atoms with E-state index in [1.54, 1.807) is 29.9 Å². The third-order valence-electron chi connectivity index (χ3n) is 2.09. The van der Waals surface area contributed by atoms with E-state index < -0.39 is 0 Å². The first-order chi connectivity index (χ1) is 7.84. The molecule has 0 fully saturated rings. The van der Waals surface area contributed by atoms with Crippen LogP contribution in [0, 0.1) is 0 Å². The van der Waals surface area contributed by atoms with Crippen molar-refractivity contribution in [1.29, 1.82) is 0 Å². The normalized spacial score (nSPS) is 10.2. The van der Waals surface area contributed by atoms with Crippen molar-refractivity contribution in [3.05, 3.63) is 40.7 Å². The molecule has 2 aromatic heterocycles. The Morgan fingerprint density at radius 1 is 1.56 bits per heavy atom. The number of carbonyl (C=O) groups is 1. The Kier molecular flexibility index (Phi) is 3.71. The molecule has 84 valence electrons. The van der Waals surface area contributed by atoms with E-state index in [4.69, 9.17) is 4.42 Å². The molecule has 0 saturated carbocycles. The molecule has 0 unspecified atom stereocenters. The van der Waals surface area contributed by atoms with Crippen molar-refractivity contribution < 1.29 is 9.21 Å². The van der Waals surface area contributed by atoms with Crippen LogP contribution >= 0.6 is 11.3 Å². The third kappa shape index (κ3) is 3.20. The van der Waals surface area contributed by atoms with Crippen LogP contribution in [-0.4, -0.2) is 10.9 Å². The van der Waals surface area contributed by atoms with Crippen molar-refractivity contribution >= 4 is 17.2 Å². The quantitative estimate of drug-likeness (QED) is 0.863. The lowest BCUT2D eigenvalue weighted by molar-refractivity contribution is -0.121. The van der Waals surface area contributed by atoms with Crippen LogP contribution in [0.2, 0.25) is 0 Å². The van der Waals surface area contributed by atoms with Crippen molar-refractivity contribution in [2.24, 2.45) is 0 Å². The summed E-state index contributed by atoms with van der Waals surface area (Å²) in [6.45, 7) is 0.448. The first-order valence-electron chi connectivity index (χ1n) is 5.02. The molecule has 0 aliphatic rings. The van der Waals surface area contributed by atoms with Crippen molar-refractivity contribution in [2.75, 3.05) is 0 Å². The fourth-order valence-corrected chi connectivity index (χ4v) is 1.90. The first kappa shape index (κ1) is 10.9. The molecule has 0 aromatic carbocycles. The van der Waals surface area contributed by atoms with Gasteiger partial charge >= 0.3 is 0 Å². The third-order valence-corrected chi connectivity index (χ3v) is 2.93. The van der Waals surface area contributed by atoms with Gasteiger partial charge in [-0.1, -0.05) is 0 Å². The molecule has 2 heterocycles. The van der Waals surface area contributed by atoms with E-state index in [9.17, 15) is 4.79 Å². The Bertz CT molecular complexity index is 383. The zero-order valence-electron chi connectivity index (χ0n) is 8.68. The van der Waals surface area contributed by atoms with Gasteiger partial charge < -0.3 is 9.73 Å². The Hall–Kier alpha value is -1.62. The maximum absolute atomic E-state index is 11.5. The number of hydrogen-bond donors (Lipinski definition) is 1. The Labute approximate surface area is 97.3 Å². The number of nitrogens with zero attached hydrogens (tertiary/aromatic N) is 1. The molecular formula is C11H12N2O2S. The molecule has 2 aromatic rings. The number of furan rings is 1. The molecule has 0 atom stereocenters. The zero-order chi connectivity index (χ0) is 11.2. The summed E-state index contributed by atoms with van der Waals surface area (Å²) in [5, 5.41) is 5.70. The number of nitrogens with one attached hydrogen (secondary N) is 1. The molecule has 0 aliphatic heterocycles. The minimum Gasteiger partial charge on any atom is -0.467 e. The zero-order valence-corrected chi connectivity index (χ0v) is 9.50. The molecule has 16 heavy (non-hydrogen) atoms. The van der Waals surface area contributed by atoms with Crippen LogP contribution in [0.1, 0.15) is 17.2 Å². The van der Waals surface area contributed by atoms with E-state index in [2.05, 4.69) is 10.3 Å². The second-order valence-electron chi connectivity index (χ2n) is 3.28. The fourth-order valence-electron chi connectivity index (χ4n) is 1.28. The number of rotatable bonds is 5. The number of thiazole rings is 1. The monoisotopic (exact) mass is 236 g/mol. The summed E-state index contributed by atoms with van der Waals surface area (Å²) >= 11 is 1.57. The Balaban J connectivity index is 1.69. The van der Waals surface area contributed by atoms with Crippen LogP contribution in [0.4, 0.5) is 0 Å². The summed E-state index contributed by atoms with van der Waals surface area (Å²) in [4.78, 5) is 15.6. The van der Waals surface area contributed by atoms with E-state index in [0.717, 1.165) is 10.8 Å². The highest BCUT2D eigenvalue weighted by Crippen LogP contribution is 2.06. The van der Waals surface area contributed by atoms with Crippen LogP contribution in [0.5, 0.6) is 0 Å². The minimum absolute atomic E-state index is 0.0200. The lowest BCUT2D eigenvalue weighted by Crippen LogP contribution is -2.22. The van der Waals surface area contributed by atoms with Crippen molar-refractivity contribution in [3.8, 4) is 0 Å². The van der Waals surface area contributed by atoms with E-state index in [1.807, 2.05) is 11.4 Å². The highest BCUT2D eigenvalue weighted by atomic mass is 32.1. The molecular weight excluding hydrogens is 224 g/mol. The van der Waals surface area contributed by atoms with Gasteiger partial charge in [-0.2, -0.15) is 0 Å². The standard InChI is InChI=1S/C11H12N2O2S/c14-10(3-4-11-12-5-7-16-11)13-8-9-2-1-6-15-9/h1-2,5-7H,3-4,8H2,(H,13,14). The smallest absolute Gasteiger partial charge is 0.220 e. The molecule has 0 spiro atoms. The van der Waals surface area contributed by atoms with Gasteiger partial charge in [0.2, 0.25) is 5.91 Å². The van der Waals surface area contributed by atoms with Gasteiger partial charge in [-0.05, 0) is 12.1 Å².